The number of morpholine rings is 1. The molecular formula is C18H21FN2O3S. The van der Waals surface area contributed by atoms with Gasteiger partial charge in [-0.25, -0.2) is 4.39 Å². The lowest BCUT2D eigenvalue weighted by Gasteiger charge is -2.28. The van der Waals surface area contributed by atoms with Gasteiger partial charge in [-0.1, -0.05) is 19.1 Å². The van der Waals surface area contributed by atoms with Crippen LogP contribution in [0.3, 0.4) is 0 Å². The quantitative estimate of drug-likeness (QED) is 0.723. The van der Waals surface area contributed by atoms with Crippen molar-refractivity contribution in [2.24, 2.45) is 0 Å². The molecule has 0 spiro atoms. The largest absolute Gasteiger partial charge is 0.379 e. The molecule has 5 nitrogen and oxygen atoms in total. The van der Waals surface area contributed by atoms with Gasteiger partial charge in [0, 0.05) is 26.2 Å². The molecule has 0 unspecified atom stereocenters. The molecule has 2 heterocycles. The van der Waals surface area contributed by atoms with Crippen molar-refractivity contribution in [1.29, 1.82) is 0 Å². The average Bonchev–Trinajstić information content (AvgIpc) is 2.86. The van der Waals surface area contributed by atoms with Crippen molar-refractivity contribution in [2.45, 2.75) is 6.92 Å². The Labute approximate surface area is 150 Å². The second-order valence-electron chi connectivity index (χ2n) is 5.86. The van der Waals surface area contributed by atoms with E-state index in [0.717, 1.165) is 13.1 Å². The number of imide groups is 1. The lowest BCUT2D eigenvalue weighted by molar-refractivity contribution is -0.136. The van der Waals surface area contributed by atoms with Gasteiger partial charge >= 0.3 is 0 Å². The summed E-state index contributed by atoms with van der Waals surface area (Å²) in [7, 11) is 0. The number of ether oxygens (including phenoxy) is 1. The number of rotatable bonds is 6. The maximum atomic E-state index is 13.2. The van der Waals surface area contributed by atoms with Crippen molar-refractivity contribution in [3.63, 3.8) is 0 Å². The van der Waals surface area contributed by atoms with Crippen LogP contribution in [0.2, 0.25) is 0 Å². The van der Waals surface area contributed by atoms with Crippen LogP contribution in [0.25, 0.3) is 5.57 Å². The summed E-state index contributed by atoms with van der Waals surface area (Å²) in [6.07, 6.45) is 0. The number of benzene rings is 1. The molecular weight excluding hydrogens is 343 g/mol. The van der Waals surface area contributed by atoms with Crippen LogP contribution in [0.5, 0.6) is 0 Å². The summed E-state index contributed by atoms with van der Waals surface area (Å²) in [5.41, 5.74) is 0.975. The van der Waals surface area contributed by atoms with Gasteiger partial charge in [0.1, 0.15) is 5.82 Å². The highest BCUT2D eigenvalue weighted by Crippen LogP contribution is 2.35. The molecule has 0 bridgehead atoms. The van der Waals surface area contributed by atoms with Crippen LogP contribution >= 0.6 is 11.8 Å². The molecule has 1 fully saturated rings. The Kier molecular flexibility index (Phi) is 5.88. The fourth-order valence-corrected chi connectivity index (χ4v) is 3.84. The summed E-state index contributed by atoms with van der Waals surface area (Å²) in [6.45, 7) is 5.91. The predicted molar refractivity (Wildman–Crippen MR) is 95.4 cm³/mol. The van der Waals surface area contributed by atoms with Gasteiger partial charge in [-0.2, -0.15) is 0 Å². The first-order valence-corrected chi connectivity index (χ1v) is 9.39. The first-order chi connectivity index (χ1) is 12.1. The molecule has 0 N–H and O–H groups in total. The van der Waals surface area contributed by atoms with Gasteiger partial charge in [0.25, 0.3) is 11.8 Å². The van der Waals surface area contributed by atoms with Gasteiger partial charge in [-0.15, -0.1) is 11.8 Å². The number of nitrogens with zero attached hydrogens (tertiary/aromatic N) is 2. The minimum absolute atomic E-state index is 0.246. The highest BCUT2D eigenvalue weighted by Gasteiger charge is 2.38. The Balaban J connectivity index is 1.78. The van der Waals surface area contributed by atoms with Crippen molar-refractivity contribution in [3.05, 3.63) is 40.6 Å². The number of hydrogen-bond acceptors (Lipinski definition) is 5. The van der Waals surface area contributed by atoms with E-state index in [2.05, 4.69) is 4.90 Å². The van der Waals surface area contributed by atoms with Crippen LogP contribution in [0.1, 0.15) is 12.5 Å². The smallest absolute Gasteiger partial charge is 0.268 e. The molecule has 2 amide bonds. The van der Waals surface area contributed by atoms with Crippen LogP contribution in [0.4, 0.5) is 4.39 Å². The fourth-order valence-electron chi connectivity index (χ4n) is 2.97. The standard InChI is InChI=1S/C18H21FN2O3S/c1-2-25-16-15(13-3-5-14(19)6-4-13)17(22)21(18(16)23)8-7-20-9-11-24-12-10-20/h3-6H,2,7-12H2,1H3. The first-order valence-electron chi connectivity index (χ1n) is 8.41. The van der Waals surface area contributed by atoms with Gasteiger partial charge in [0.05, 0.1) is 23.7 Å². The molecule has 25 heavy (non-hydrogen) atoms. The SMILES string of the molecule is CCSC1=C(c2ccc(F)cc2)C(=O)N(CCN2CCOCC2)C1=O. The predicted octanol–water partition coefficient (Wildman–Crippen LogP) is 1.99. The second kappa shape index (κ2) is 8.12. The fraction of sp³-hybridized carbons (Fsp3) is 0.444. The minimum atomic E-state index is -0.366. The molecule has 0 atom stereocenters. The summed E-state index contributed by atoms with van der Waals surface area (Å²) in [6, 6.07) is 5.73. The maximum absolute atomic E-state index is 13.2. The third-order valence-corrected chi connectivity index (χ3v) is 5.25. The topological polar surface area (TPSA) is 49.9 Å². The summed E-state index contributed by atoms with van der Waals surface area (Å²) >= 11 is 1.36. The third-order valence-electron chi connectivity index (χ3n) is 4.29. The summed E-state index contributed by atoms with van der Waals surface area (Å²) in [5.74, 6) is -0.212. The Morgan fingerprint density at radius 2 is 1.76 bits per heavy atom. The highest BCUT2D eigenvalue weighted by molar-refractivity contribution is 8.04. The third kappa shape index (κ3) is 3.94. The van der Waals surface area contributed by atoms with Crippen LogP contribution in [0.15, 0.2) is 29.2 Å². The molecule has 2 aliphatic heterocycles. The molecule has 3 rings (SSSR count). The zero-order valence-electron chi connectivity index (χ0n) is 14.2. The number of thioether (sulfide) groups is 1. The first kappa shape index (κ1) is 18.1. The zero-order valence-corrected chi connectivity index (χ0v) is 15.0. The average molecular weight is 364 g/mol. The molecule has 0 aliphatic carbocycles. The van der Waals surface area contributed by atoms with Crippen LogP contribution in [-0.2, 0) is 14.3 Å². The van der Waals surface area contributed by atoms with Crippen molar-refractivity contribution in [2.75, 3.05) is 45.1 Å². The summed E-state index contributed by atoms with van der Waals surface area (Å²) < 4.78 is 18.5. The Hall–Kier alpha value is -1.70. The number of carbonyl (C=O) groups is 2. The summed E-state index contributed by atoms with van der Waals surface area (Å²) in [4.78, 5) is 29.6. The Bertz CT molecular complexity index is 684. The van der Waals surface area contributed by atoms with E-state index >= 15 is 0 Å². The molecule has 7 heteroatoms. The van der Waals surface area contributed by atoms with E-state index in [1.54, 1.807) is 12.1 Å². The molecule has 0 saturated carbocycles. The van der Waals surface area contributed by atoms with Gasteiger partial charge < -0.3 is 4.74 Å². The Morgan fingerprint density at radius 3 is 2.40 bits per heavy atom. The van der Waals surface area contributed by atoms with E-state index in [-0.39, 0.29) is 17.6 Å². The zero-order chi connectivity index (χ0) is 17.8. The minimum Gasteiger partial charge on any atom is -0.379 e. The van der Waals surface area contributed by atoms with Crippen molar-refractivity contribution < 1.29 is 18.7 Å². The number of hydrogen-bond donors (Lipinski definition) is 0. The monoisotopic (exact) mass is 364 g/mol. The van der Waals surface area contributed by atoms with Crippen molar-refractivity contribution in [3.8, 4) is 0 Å². The van der Waals surface area contributed by atoms with Crippen molar-refractivity contribution in [1.82, 2.24) is 9.80 Å². The molecule has 1 aromatic carbocycles. The van der Waals surface area contributed by atoms with E-state index in [1.807, 2.05) is 6.92 Å². The summed E-state index contributed by atoms with van der Waals surface area (Å²) in [5, 5.41) is 0. The lowest BCUT2D eigenvalue weighted by atomic mass is 10.1. The van der Waals surface area contributed by atoms with Gasteiger partial charge in [0.2, 0.25) is 0 Å². The lowest BCUT2D eigenvalue weighted by Crippen LogP contribution is -2.43. The van der Waals surface area contributed by atoms with E-state index in [4.69, 9.17) is 4.74 Å². The Morgan fingerprint density at radius 1 is 1.08 bits per heavy atom. The van der Waals surface area contributed by atoms with E-state index in [9.17, 15) is 14.0 Å². The van der Waals surface area contributed by atoms with Crippen LogP contribution in [0, 0.1) is 5.82 Å². The normalized spacial score (nSPS) is 19.2. The maximum Gasteiger partial charge on any atom is 0.268 e. The second-order valence-corrected chi connectivity index (χ2v) is 7.13. The van der Waals surface area contributed by atoms with Gasteiger partial charge in [-0.05, 0) is 23.4 Å². The van der Waals surface area contributed by atoms with Crippen LogP contribution < -0.4 is 0 Å². The molecule has 0 radical (unpaired) electrons. The number of carbonyl (C=O) groups excluding carboxylic acids is 2. The van der Waals surface area contributed by atoms with E-state index in [0.29, 0.717) is 48.1 Å². The van der Waals surface area contributed by atoms with E-state index < -0.39 is 0 Å². The molecule has 134 valence electrons. The molecule has 1 saturated heterocycles. The van der Waals surface area contributed by atoms with Gasteiger partial charge in [0.15, 0.2) is 0 Å². The van der Waals surface area contributed by atoms with Gasteiger partial charge in [-0.3, -0.25) is 19.4 Å². The molecule has 2 aliphatic rings. The van der Waals surface area contributed by atoms with Crippen molar-refractivity contribution >= 4 is 29.1 Å². The molecule has 1 aromatic rings. The highest BCUT2D eigenvalue weighted by atomic mass is 32.2. The molecule has 0 aromatic heterocycles. The van der Waals surface area contributed by atoms with E-state index in [1.165, 1.54) is 28.8 Å². The number of amides is 2. The van der Waals surface area contributed by atoms with Crippen LogP contribution in [-0.4, -0.2) is 66.8 Å². The number of halogens is 1.